The van der Waals surface area contributed by atoms with E-state index in [-0.39, 0.29) is 23.5 Å². The first-order valence-electron chi connectivity index (χ1n) is 7.92. The average molecular weight is 420 g/mol. The summed E-state index contributed by atoms with van der Waals surface area (Å²) < 4.78 is 42.0. The number of hydrogen-bond acceptors (Lipinski definition) is 3. The van der Waals surface area contributed by atoms with E-state index >= 15 is 0 Å². The predicted molar refractivity (Wildman–Crippen MR) is 86.7 cm³/mol. The Morgan fingerprint density at radius 2 is 2.12 bits per heavy atom. The summed E-state index contributed by atoms with van der Waals surface area (Å²) in [5.41, 5.74) is 0.150. The van der Waals surface area contributed by atoms with Gasteiger partial charge in [-0.1, -0.05) is 0 Å². The van der Waals surface area contributed by atoms with Crippen LogP contribution in [0.5, 0.6) is 0 Å². The summed E-state index contributed by atoms with van der Waals surface area (Å²) in [6, 6.07) is 1.78. The van der Waals surface area contributed by atoms with E-state index in [9.17, 15) is 18.0 Å². The number of nitrogens with one attached hydrogen (secondary N) is 1. The molecule has 1 saturated carbocycles. The normalized spacial score (nSPS) is 14.8. The van der Waals surface area contributed by atoms with Gasteiger partial charge < -0.3 is 5.32 Å². The van der Waals surface area contributed by atoms with Crippen molar-refractivity contribution in [1.82, 2.24) is 24.9 Å². The lowest BCUT2D eigenvalue weighted by molar-refractivity contribution is -0.142. The number of rotatable bonds is 6. The number of halogens is 4. The third-order valence-electron chi connectivity index (χ3n) is 3.94. The minimum Gasteiger partial charge on any atom is -0.349 e. The molecule has 3 rings (SSSR count). The molecular formula is C15H17BrF3N5O. The Morgan fingerprint density at radius 3 is 2.68 bits per heavy atom. The fourth-order valence-electron chi connectivity index (χ4n) is 2.56. The van der Waals surface area contributed by atoms with Gasteiger partial charge in [0.25, 0.3) is 0 Å². The number of alkyl halides is 3. The molecule has 1 aliphatic carbocycles. The van der Waals surface area contributed by atoms with Gasteiger partial charge in [0.15, 0.2) is 5.69 Å². The van der Waals surface area contributed by atoms with Crippen molar-refractivity contribution in [2.75, 3.05) is 0 Å². The molecule has 2 aromatic heterocycles. The van der Waals surface area contributed by atoms with Gasteiger partial charge in [0, 0.05) is 18.7 Å². The molecule has 0 saturated heterocycles. The molecule has 0 aliphatic heterocycles. The molecule has 0 unspecified atom stereocenters. The topological polar surface area (TPSA) is 64.7 Å². The van der Waals surface area contributed by atoms with Crippen molar-refractivity contribution in [2.24, 2.45) is 0 Å². The Kier molecular flexibility index (Phi) is 4.90. The van der Waals surface area contributed by atoms with Crippen LogP contribution in [-0.4, -0.2) is 25.5 Å². The van der Waals surface area contributed by atoms with Gasteiger partial charge in [0.2, 0.25) is 5.91 Å². The number of carbonyl (C=O) groups is 1. The van der Waals surface area contributed by atoms with Crippen LogP contribution >= 0.6 is 15.9 Å². The summed E-state index contributed by atoms with van der Waals surface area (Å²) in [5.74, 6) is -0.386. The van der Waals surface area contributed by atoms with Crippen molar-refractivity contribution in [3.63, 3.8) is 0 Å². The first-order chi connectivity index (χ1) is 11.8. The van der Waals surface area contributed by atoms with Gasteiger partial charge in [-0.15, -0.1) is 0 Å². The molecule has 6 nitrogen and oxygen atoms in total. The molecule has 1 amide bonds. The van der Waals surface area contributed by atoms with Gasteiger partial charge >= 0.3 is 6.18 Å². The van der Waals surface area contributed by atoms with E-state index in [4.69, 9.17) is 0 Å². The van der Waals surface area contributed by atoms with Gasteiger partial charge in [-0.25, -0.2) is 0 Å². The molecule has 136 valence electrons. The Morgan fingerprint density at radius 1 is 1.40 bits per heavy atom. The van der Waals surface area contributed by atoms with Crippen LogP contribution in [0.1, 0.15) is 42.8 Å². The number of hydrogen-bond donors (Lipinski definition) is 1. The highest BCUT2D eigenvalue weighted by Gasteiger charge is 2.41. The van der Waals surface area contributed by atoms with E-state index in [0.29, 0.717) is 11.4 Å². The monoisotopic (exact) mass is 419 g/mol. The van der Waals surface area contributed by atoms with Gasteiger partial charge in [-0.2, -0.15) is 23.4 Å². The van der Waals surface area contributed by atoms with Crippen LogP contribution in [0.15, 0.2) is 16.7 Å². The van der Waals surface area contributed by atoms with Crippen LogP contribution in [0.3, 0.4) is 0 Å². The molecule has 1 aliphatic rings. The van der Waals surface area contributed by atoms with Crippen LogP contribution in [0.25, 0.3) is 0 Å². The zero-order valence-electron chi connectivity index (χ0n) is 13.5. The standard InChI is InChI=1S/C15H17BrF3N5O/c1-2-23-6-5-10(21-23)7-20-11(25)8-24-13(9-3-4-9)12(16)14(22-24)15(17,18)19/h5-6,9H,2-4,7-8H2,1H3,(H,20,25). The maximum atomic E-state index is 13.1. The van der Waals surface area contributed by atoms with E-state index in [2.05, 4.69) is 31.4 Å². The van der Waals surface area contributed by atoms with Crippen LogP contribution < -0.4 is 5.32 Å². The van der Waals surface area contributed by atoms with E-state index in [1.807, 2.05) is 6.92 Å². The van der Waals surface area contributed by atoms with Crippen LogP contribution in [0, 0.1) is 0 Å². The molecule has 10 heteroatoms. The first kappa shape index (κ1) is 18.0. The molecule has 25 heavy (non-hydrogen) atoms. The van der Waals surface area contributed by atoms with Gasteiger partial charge in [0.05, 0.1) is 22.4 Å². The fraction of sp³-hybridized carbons (Fsp3) is 0.533. The highest BCUT2D eigenvalue weighted by molar-refractivity contribution is 9.10. The summed E-state index contributed by atoms with van der Waals surface area (Å²) in [6.07, 6.45) is -1.15. The Hall–Kier alpha value is -1.84. The molecule has 2 aromatic rings. The van der Waals surface area contributed by atoms with Crippen molar-refractivity contribution < 1.29 is 18.0 Å². The summed E-state index contributed by atoms with van der Waals surface area (Å²) in [6.45, 7) is 2.64. The molecule has 0 bridgehead atoms. The van der Waals surface area contributed by atoms with Crippen LogP contribution in [0.2, 0.25) is 0 Å². The number of aryl methyl sites for hydroxylation is 1. The Bertz CT molecular complexity index is 779. The minimum atomic E-state index is -4.56. The fourth-order valence-corrected chi connectivity index (χ4v) is 3.39. The third kappa shape index (κ3) is 4.05. The average Bonchev–Trinajstić information content (AvgIpc) is 3.16. The minimum absolute atomic E-state index is 0.0195. The van der Waals surface area contributed by atoms with E-state index in [1.54, 1.807) is 16.9 Å². The largest absolute Gasteiger partial charge is 0.436 e. The molecule has 0 spiro atoms. The molecule has 2 heterocycles. The van der Waals surface area contributed by atoms with Crippen molar-refractivity contribution in [1.29, 1.82) is 0 Å². The van der Waals surface area contributed by atoms with Gasteiger partial charge in [0.1, 0.15) is 6.54 Å². The molecule has 0 aromatic carbocycles. The Labute approximate surface area is 150 Å². The first-order valence-corrected chi connectivity index (χ1v) is 8.71. The number of aromatic nitrogens is 4. The van der Waals surface area contributed by atoms with Crippen molar-refractivity contribution >= 4 is 21.8 Å². The molecule has 1 fully saturated rings. The lowest BCUT2D eigenvalue weighted by Crippen LogP contribution is -2.28. The zero-order valence-corrected chi connectivity index (χ0v) is 15.1. The second-order valence-electron chi connectivity index (χ2n) is 5.92. The van der Waals surface area contributed by atoms with Crippen molar-refractivity contribution in [3.05, 3.63) is 33.8 Å². The zero-order chi connectivity index (χ0) is 18.2. The molecule has 0 atom stereocenters. The quantitative estimate of drug-likeness (QED) is 0.782. The van der Waals surface area contributed by atoms with Crippen LogP contribution in [0.4, 0.5) is 13.2 Å². The summed E-state index contributed by atoms with van der Waals surface area (Å²) in [5, 5.41) is 10.5. The van der Waals surface area contributed by atoms with E-state index in [1.165, 1.54) is 0 Å². The maximum Gasteiger partial charge on any atom is 0.436 e. The Balaban J connectivity index is 1.70. The molecular weight excluding hydrogens is 403 g/mol. The van der Waals surface area contributed by atoms with Gasteiger partial charge in [-0.3, -0.25) is 14.2 Å². The molecule has 0 radical (unpaired) electrons. The summed E-state index contributed by atoms with van der Waals surface area (Å²) in [4.78, 5) is 12.1. The SMILES string of the molecule is CCn1ccc(CNC(=O)Cn2nc(C(F)(F)F)c(Br)c2C2CC2)n1. The lowest BCUT2D eigenvalue weighted by Gasteiger charge is -2.07. The van der Waals surface area contributed by atoms with Crippen molar-refractivity contribution in [2.45, 2.75) is 51.5 Å². The van der Waals surface area contributed by atoms with Crippen LogP contribution in [-0.2, 0) is 30.6 Å². The summed E-state index contributed by atoms with van der Waals surface area (Å²) in [7, 11) is 0. The maximum absolute atomic E-state index is 13.1. The smallest absolute Gasteiger partial charge is 0.349 e. The van der Waals surface area contributed by atoms with E-state index < -0.39 is 17.8 Å². The van der Waals surface area contributed by atoms with E-state index in [0.717, 1.165) is 24.1 Å². The van der Waals surface area contributed by atoms with Crippen molar-refractivity contribution in [3.8, 4) is 0 Å². The highest BCUT2D eigenvalue weighted by Crippen LogP contribution is 2.46. The molecule has 1 N–H and O–H groups in total. The second kappa shape index (κ2) is 6.81. The predicted octanol–water partition coefficient (Wildman–Crippen LogP) is 3.07. The van der Waals surface area contributed by atoms with Gasteiger partial charge in [-0.05, 0) is 41.8 Å². The lowest BCUT2D eigenvalue weighted by atomic mass is 10.2. The highest BCUT2D eigenvalue weighted by atomic mass is 79.9. The summed E-state index contributed by atoms with van der Waals surface area (Å²) >= 11 is 3.01. The number of nitrogens with zero attached hydrogens (tertiary/aromatic N) is 4. The second-order valence-corrected chi connectivity index (χ2v) is 6.71. The third-order valence-corrected chi connectivity index (χ3v) is 4.73. The number of amides is 1. The number of carbonyl (C=O) groups excluding carboxylic acids is 1.